The molecule has 0 unspecified atom stereocenters. The Morgan fingerprint density at radius 3 is 2.83 bits per heavy atom. The molecule has 2 N–H and O–H groups in total. The zero-order chi connectivity index (χ0) is 16.6. The van der Waals surface area contributed by atoms with Crippen molar-refractivity contribution in [3.05, 3.63) is 47.7 Å². The topological polar surface area (TPSA) is 80.3 Å². The third-order valence-electron chi connectivity index (χ3n) is 3.81. The highest BCUT2D eigenvalue weighted by molar-refractivity contribution is 6.18. The third-order valence-corrected chi connectivity index (χ3v) is 3.81. The Balaban J connectivity index is 1.88. The Bertz CT molecular complexity index is 803. The van der Waals surface area contributed by atoms with Crippen LogP contribution in [0.5, 0.6) is 5.75 Å². The molecule has 2 aromatic rings. The Hall–Kier alpha value is -2.89. The van der Waals surface area contributed by atoms with E-state index in [-0.39, 0.29) is 0 Å². The lowest BCUT2D eigenvalue weighted by molar-refractivity contribution is -0.143. The van der Waals surface area contributed by atoms with Gasteiger partial charge in [0.15, 0.2) is 11.6 Å². The molecule has 2 heterocycles. The first-order valence-corrected chi connectivity index (χ1v) is 7.24. The quantitative estimate of drug-likeness (QED) is 0.835. The van der Waals surface area contributed by atoms with Gasteiger partial charge in [0.05, 0.1) is 0 Å². The maximum absolute atomic E-state index is 12.6. The second kappa shape index (κ2) is 5.39. The van der Waals surface area contributed by atoms with Gasteiger partial charge in [0, 0.05) is 11.9 Å². The Kier molecular flexibility index (Phi) is 3.52. The first-order valence-electron chi connectivity index (χ1n) is 7.24. The molecule has 0 saturated carbocycles. The van der Waals surface area contributed by atoms with Gasteiger partial charge in [0.25, 0.3) is 17.4 Å². The fourth-order valence-electron chi connectivity index (χ4n) is 2.40. The summed E-state index contributed by atoms with van der Waals surface area (Å²) in [6.45, 7) is 5.31. The number of aromatic nitrogens is 1. The Labute approximate surface area is 133 Å². The van der Waals surface area contributed by atoms with E-state index in [9.17, 15) is 9.59 Å². The smallest absolute Gasteiger partial charge is 0.279 e. The molecule has 1 aliphatic heterocycles. The van der Waals surface area contributed by atoms with Crippen molar-refractivity contribution in [1.82, 2.24) is 4.98 Å². The van der Waals surface area contributed by atoms with Gasteiger partial charge in [-0.3, -0.25) is 9.59 Å². The van der Waals surface area contributed by atoms with Crippen LogP contribution in [0, 0.1) is 13.8 Å². The largest absolute Gasteiger partial charge is 0.464 e. The molecule has 2 amide bonds. The first kappa shape index (κ1) is 15.0. The van der Waals surface area contributed by atoms with Crippen molar-refractivity contribution in [3.8, 4) is 5.75 Å². The van der Waals surface area contributed by atoms with Crippen LogP contribution in [0.3, 0.4) is 0 Å². The van der Waals surface area contributed by atoms with Crippen molar-refractivity contribution in [2.75, 3.05) is 10.6 Å². The molecule has 118 valence electrons. The van der Waals surface area contributed by atoms with Gasteiger partial charge in [0.2, 0.25) is 0 Å². The molecular formula is C17H17N3O3. The predicted octanol–water partition coefficient (Wildman–Crippen LogP) is 2.43. The number of rotatable bonds is 2. The van der Waals surface area contributed by atoms with Crippen LogP contribution < -0.4 is 15.4 Å². The molecule has 0 aliphatic carbocycles. The zero-order valence-electron chi connectivity index (χ0n) is 13.1. The molecule has 6 nitrogen and oxygen atoms in total. The van der Waals surface area contributed by atoms with E-state index in [0.717, 1.165) is 11.1 Å². The SMILES string of the molecule is Cc1ccc(NC(=O)[C@@]2(C)Oc3cccnc3NC2=O)c(C)c1. The number of anilines is 2. The molecule has 6 heteroatoms. The molecule has 0 bridgehead atoms. The highest BCUT2D eigenvalue weighted by Crippen LogP contribution is 2.32. The molecule has 1 atom stereocenters. The van der Waals surface area contributed by atoms with Gasteiger partial charge >= 0.3 is 0 Å². The van der Waals surface area contributed by atoms with Crippen molar-refractivity contribution in [2.24, 2.45) is 0 Å². The summed E-state index contributed by atoms with van der Waals surface area (Å²) >= 11 is 0. The van der Waals surface area contributed by atoms with Crippen molar-refractivity contribution in [3.63, 3.8) is 0 Å². The molecule has 0 saturated heterocycles. The monoisotopic (exact) mass is 311 g/mol. The van der Waals surface area contributed by atoms with Crippen LogP contribution in [0.25, 0.3) is 0 Å². The summed E-state index contributed by atoms with van der Waals surface area (Å²) in [5, 5.41) is 5.37. The predicted molar refractivity (Wildman–Crippen MR) is 86.4 cm³/mol. The minimum absolute atomic E-state index is 0.314. The average Bonchev–Trinajstić information content (AvgIpc) is 2.51. The summed E-state index contributed by atoms with van der Waals surface area (Å²) in [5.41, 5.74) is 1.00. The van der Waals surface area contributed by atoms with E-state index in [1.807, 2.05) is 32.0 Å². The molecule has 1 aromatic heterocycles. The van der Waals surface area contributed by atoms with Gasteiger partial charge in [-0.2, -0.15) is 0 Å². The van der Waals surface area contributed by atoms with Gasteiger partial charge < -0.3 is 15.4 Å². The van der Waals surface area contributed by atoms with Gasteiger partial charge in [-0.15, -0.1) is 0 Å². The number of hydrogen-bond acceptors (Lipinski definition) is 4. The molecular weight excluding hydrogens is 294 g/mol. The number of nitrogens with zero attached hydrogens (tertiary/aromatic N) is 1. The van der Waals surface area contributed by atoms with E-state index < -0.39 is 17.4 Å². The van der Waals surface area contributed by atoms with E-state index in [1.54, 1.807) is 18.3 Å². The summed E-state index contributed by atoms with van der Waals surface area (Å²) in [4.78, 5) is 29.0. The first-order chi connectivity index (χ1) is 10.9. The second-order valence-electron chi connectivity index (χ2n) is 5.71. The maximum Gasteiger partial charge on any atom is 0.279 e. The van der Waals surface area contributed by atoms with Crippen LogP contribution >= 0.6 is 0 Å². The van der Waals surface area contributed by atoms with Crippen LogP contribution in [0.1, 0.15) is 18.1 Å². The van der Waals surface area contributed by atoms with Crippen LogP contribution in [0.15, 0.2) is 36.5 Å². The van der Waals surface area contributed by atoms with Crippen molar-refractivity contribution in [1.29, 1.82) is 0 Å². The summed E-state index contributed by atoms with van der Waals surface area (Å²) in [5.74, 6) is -0.401. The van der Waals surface area contributed by atoms with Crippen LogP contribution in [-0.4, -0.2) is 22.4 Å². The molecule has 0 fully saturated rings. The van der Waals surface area contributed by atoms with Gasteiger partial charge in [-0.1, -0.05) is 17.7 Å². The maximum atomic E-state index is 12.6. The molecule has 3 rings (SSSR count). The number of benzene rings is 1. The highest BCUT2D eigenvalue weighted by atomic mass is 16.5. The number of carbonyl (C=O) groups is 2. The Morgan fingerprint density at radius 1 is 1.30 bits per heavy atom. The van der Waals surface area contributed by atoms with E-state index in [2.05, 4.69) is 15.6 Å². The van der Waals surface area contributed by atoms with Crippen LogP contribution in [0.4, 0.5) is 11.5 Å². The number of aryl methyl sites for hydroxylation is 2. The Morgan fingerprint density at radius 2 is 2.09 bits per heavy atom. The van der Waals surface area contributed by atoms with Crippen LogP contribution in [0.2, 0.25) is 0 Å². The van der Waals surface area contributed by atoms with Gasteiger partial charge in [0.1, 0.15) is 0 Å². The minimum atomic E-state index is -1.66. The van der Waals surface area contributed by atoms with E-state index in [1.165, 1.54) is 6.92 Å². The lowest BCUT2D eigenvalue weighted by atomic mass is 10.0. The summed E-state index contributed by atoms with van der Waals surface area (Å²) in [7, 11) is 0. The van der Waals surface area contributed by atoms with E-state index in [4.69, 9.17) is 4.74 Å². The zero-order valence-corrected chi connectivity index (χ0v) is 13.1. The van der Waals surface area contributed by atoms with Gasteiger partial charge in [-0.25, -0.2) is 4.98 Å². The van der Waals surface area contributed by atoms with Crippen molar-refractivity contribution < 1.29 is 14.3 Å². The molecule has 1 aliphatic rings. The van der Waals surface area contributed by atoms with Crippen molar-refractivity contribution >= 4 is 23.3 Å². The van der Waals surface area contributed by atoms with Crippen molar-refractivity contribution in [2.45, 2.75) is 26.4 Å². The number of nitrogens with one attached hydrogen (secondary N) is 2. The lowest BCUT2D eigenvalue weighted by Crippen LogP contribution is -2.56. The molecule has 0 spiro atoms. The number of hydrogen-bond donors (Lipinski definition) is 2. The standard InChI is InChI=1S/C17H17N3O3/c1-10-6-7-12(11(2)9-10)19-15(21)17(3)16(22)20-14-13(23-17)5-4-8-18-14/h4-9H,1-3H3,(H,19,21)(H,18,20,22)/t17-/m1/s1. The normalized spacial score (nSPS) is 19.3. The van der Waals surface area contributed by atoms with E-state index in [0.29, 0.717) is 17.3 Å². The lowest BCUT2D eigenvalue weighted by Gasteiger charge is -2.32. The second-order valence-corrected chi connectivity index (χ2v) is 5.71. The molecule has 1 aromatic carbocycles. The third kappa shape index (κ3) is 2.63. The average molecular weight is 311 g/mol. The highest BCUT2D eigenvalue weighted by Gasteiger charge is 2.47. The molecule has 23 heavy (non-hydrogen) atoms. The fourth-order valence-corrected chi connectivity index (χ4v) is 2.40. The fraction of sp³-hybridized carbons (Fsp3) is 0.235. The summed E-state index contributed by atoms with van der Waals surface area (Å²) in [6, 6.07) is 9.00. The minimum Gasteiger partial charge on any atom is -0.464 e. The number of pyridine rings is 1. The van der Waals surface area contributed by atoms with Gasteiger partial charge in [-0.05, 0) is 44.5 Å². The summed E-state index contributed by atoms with van der Waals surface area (Å²) < 4.78 is 5.64. The number of amides is 2. The number of carbonyl (C=O) groups excluding carboxylic acids is 2. The van der Waals surface area contributed by atoms with Crippen LogP contribution in [-0.2, 0) is 9.59 Å². The molecule has 0 radical (unpaired) electrons. The number of fused-ring (bicyclic) bond motifs is 1. The number of ether oxygens (including phenoxy) is 1. The van der Waals surface area contributed by atoms with E-state index >= 15 is 0 Å². The summed E-state index contributed by atoms with van der Waals surface area (Å²) in [6.07, 6.45) is 1.54.